The van der Waals surface area contributed by atoms with E-state index in [1.165, 1.54) is 30.9 Å². The van der Waals surface area contributed by atoms with Gasteiger partial charge in [-0.2, -0.15) is 0 Å². The molecule has 1 saturated heterocycles. The molecule has 1 aromatic heterocycles. The molecule has 0 radical (unpaired) electrons. The molecule has 2 aliphatic rings. The number of rotatable bonds is 8. The standard InChI is InChI=1S/C29H30N4O8S/c1-5-41-28(35)25-17(2)30-29-32(26(25)21-16-20(38-3)7-9-23(21)39-4)27(34)24(42-29)15-18-14-19(33(36)37)6-8-22(18)31-10-12-40-13-11-31/h6-9,14-16,26H,5,10-13H2,1-4H3/b24-15+/t26-/m1/s1. The molecule has 0 unspecified atom stereocenters. The summed E-state index contributed by atoms with van der Waals surface area (Å²) in [4.78, 5) is 45.7. The van der Waals surface area contributed by atoms with Gasteiger partial charge in [-0.05, 0) is 44.2 Å². The summed E-state index contributed by atoms with van der Waals surface area (Å²) in [5, 5.41) is 11.6. The first-order valence-corrected chi connectivity index (χ1v) is 14.1. The number of hydrogen-bond donors (Lipinski definition) is 0. The minimum Gasteiger partial charge on any atom is -0.497 e. The molecule has 0 bridgehead atoms. The van der Waals surface area contributed by atoms with E-state index in [4.69, 9.17) is 18.9 Å². The highest BCUT2D eigenvalue weighted by molar-refractivity contribution is 7.07. The number of thiazole rings is 1. The Labute approximate surface area is 244 Å². The van der Waals surface area contributed by atoms with Crippen molar-refractivity contribution in [2.45, 2.75) is 19.9 Å². The molecule has 0 aliphatic carbocycles. The van der Waals surface area contributed by atoms with Crippen molar-refractivity contribution in [3.8, 4) is 11.5 Å². The maximum absolute atomic E-state index is 14.2. The lowest BCUT2D eigenvalue weighted by Gasteiger charge is -2.30. The Balaban J connectivity index is 1.76. The number of esters is 1. The van der Waals surface area contributed by atoms with Crippen LogP contribution in [0.2, 0.25) is 0 Å². The first-order valence-electron chi connectivity index (χ1n) is 13.3. The van der Waals surface area contributed by atoms with Crippen LogP contribution in [-0.4, -0.2) is 62.6 Å². The number of non-ortho nitro benzene ring substituents is 1. The number of hydrogen-bond acceptors (Lipinski definition) is 11. The summed E-state index contributed by atoms with van der Waals surface area (Å²) in [6.45, 7) is 5.80. The van der Waals surface area contributed by atoms with Gasteiger partial charge in [-0.25, -0.2) is 9.79 Å². The van der Waals surface area contributed by atoms with Crippen LogP contribution in [0.4, 0.5) is 11.4 Å². The molecule has 1 atom stereocenters. The van der Waals surface area contributed by atoms with Crippen molar-refractivity contribution >= 4 is 34.8 Å². The van der Waals surface area contributed by atoms with Crippen molar-refractivity contribution in [2.75, 3.05) is 52.0 Å². The van der Waals surface area contributed by atoms with Gasteiger partial charge in [0.25, 0.3) is 11.2 Å². The predicted octanol–water partition coefficient (Wildman–Crippen LogP) is 2.56. The van der Waals surface area contributed by atoms with Crippen LogP contribution in [0.3, 0.4) is 0 Å². The van der Waals surface area contributed by atoms with Crippen molar-refractivity contribution in [2.24, 2.45) is 4.99 Å². The second-order valence-corrected chi connectivity index (χ2v) is 10.5. The van der Waals surface area contributed by atoms with Crippen LogP contribution in [0.5, 0.6) is 11.5 Å². The number of fused-ring (bicyclic) bond motifs is 1. The molecule has 0 N–H and O–H groups in total. The second kappa shape index (κ2) is 12.2. The molecule has 3 heterocycles. The van der Waals surface area contributed by atoms with Crippen molar-refractivity contribution in [3.63, 3.8) is 0 Å². The van der Waals surface area contributed by atoms with Crippen molar-refractivity contribution < 1.29 is 28.7 Å². The second-order valence-electron chi connectivity index (χ2n) is 9.51. The summed E-state index contributed by atoms with van der Waals surface area (Å²) in [5.41, 5.74) is 1.89. The predicted molar refractivity (Wildman–Crippen MR) is 156 cm³/mol. The molecule has 0 amide bonds. The van der Waals surface area contributed by atoms with Crippen LogP contribution in [0.25, 0.3) is 6.08 Å². The summed E-state index contributed by atoms with van der Waals surface area (Å²) in [7, 11) is 3.03. The molecular formula is C29H30N4O8S. The molecule has 2 aliphatic heterocycles. The third kappa shape index (κ3) is 5.40. The molecule has 0 spiro atoms. The van der Waals surface area contributed by atoms with E-state index in [1.54, 1.807) is 44.2 Å². The Morgan fingerprint density at radius 1 is 1.19 bits per heavy atom. The van der Waals surface area contributed by atoms with Gasteiger partial charge < -0.3 is 23.8 Å². The number of nitro groups is 1. The molecule has 1 fully saturated rings. The lowest BCUT2D eigenvalue weighted by atomic mass is 9.94. The third-order valence-electron chi connectivity index (χ3n) is 7.11. The topological polar surface area (TPSA) is 135 Å². The highest BCUT2D eigenvalue weighted by Gasteiger charge is 2.35. The molecule has 3 aromatic rings. The third-order valence-corrected chi connectivity index (χ3v) is 8.09. The molecule has 220 valence electrons. The summed E-state index contributed by atoms with van der Waals surface area (Å²) >= 11 is 1.14. The number of aromatic nitrogens is 1. The molecule has 42 heavy (non-hydrogen) atoms. The molecule has 2 aromatic carbocycles. The zero-order valence-corrected chi connectivity index (χ0v) is 24.4. The van der Waals surface area contributed by atoms with Gasteiger partial charge in [0.1, 0.15) is 17.5 Å². The van der Waals surface area contributed by atoms with Gasteiger partial charge in [0.05, 0.1) is 54.8 Å². The zero-order chi connectivity index (χ0) is 30.0. The number of benzene rings is 2. The van der Waals surface area contributed by atoms with Crippen LogP contribution in [0, 0.1) is 10.1 Å². The van der Waals surface area contributed by atoms with Crippen molar-refractivity contribution in [1.82, 2.24) is 4.57 Å². The number of anilines is 1. The highest BCUT2D eigenvalue weighted by atomic mass is 32.1. The SMILES string of the molecule is CCOC(=O)C1=C(C)N=c2s/c(=C/c3cc([N+](=O)[O-])ccc3N3CCOCC3)c(=O)n2[C@@H]1c1cc(OC)ccc1OC. The average Bonchev–Trinajstić information content (AvgIpc) is 3.30. The van der Waals surface area contributed by atoms with E-state index >= 15 is 0 Å². The van der Waals surface area contributed by atoms with Gasteiger partial charge in [-0.3, -0.25) is 19.5 Å². The first-order chi connectivity index (χ1) is 20.3. The van der Waals surface area contributed by atoms with E-state index in [9.17, 15) is 19.7 Å². The van der Waals surface area contributed by atoms with Crippen LogP contribution >= 0.6 is 11.3 Å². The fraction of sp³-hybridized carbons (Fsp3) is 0.345. The van der Waals surface area contributed by atoms with Gasteiger partial charge in [-0.15, -0.1) is 0 Å². The van der Waals surface area contributed by atoms with E-state index in [0.717, 1.165) is 17.0 Å². The fourth-order valence-corrected chi connectivity index (χ4v) is 6.18. The number of methoxy groups -OCH3 is 2. The normalized spacial score (nSPS) is 17.0. The van der Waals surface area contributed by atoms with Gasteiger partial charge in [-0.1, -0.05) is 11.3 Å². The first kappa shape index (κ1) is 29.0. The average molecular weight is 595 g/mol. The maximum atomic E-state index is 14.2. The number of nitro benzene ring substituents is 1. The monoisotopic (exact) mass is 594 g/mol. The number of carbonyl (C=O) groups excluding carboxylic acids is 1. The van der Waals surface area contributed by atoms with E-state index in [-0.39, 0.29) is 17.9 Å². The molecule has 0 saturated carbocycles. The van der Waals surface area contributed by atoms with E-state index in [1.807, 2.05) is 0 Å². The smallest absolute Gasteiger partial charge is 0.338 e. The van der Waals surface area contributed by atoms with Crippen LogP contribution < -0.4 is 29.3 Å². The number of allylic oxidation sites excluding steroid dienone is 1. The molecule has 5 rings (SSSR count). The summed E-state index contributed by atoms with van der Waals surface area (Å²) < 4.78 is 23.7. The molecule has 12 nitrogen and oxygen atoms in total. The van der Waals surface area contributed by atoms with Gasteiger partial charge in [0.15, 0.2) is 4.80 Å². The van der Waals surface area contributed by atoms with Crippen molar-refractivity contribution in [3.05, 3.63) is 88.6 Å². The zero-order valence-electron chi connectivity index (χ0n) is 23.6. The molecule has 13 heteroatoms. The number of ether oxygens (including phenoxy) is 4. The quantitative estimate of drug-likeness (QED) is 0.219. The van der Waals surface area contributed by atoms with E-state index in [0.29, 0.717) is 64.0 Å². The number of carbonyl (C=O) groups is 1. The van der Waals surface area contributed by atoms with E-state index in [2.05, 4.69) is 9.89 Å². The minimum absolute atomic E-state index is 0.0922. The minimum atomic E-state index is -0.920. The van der Waals surface area contributed by atoms with Crippen LogP contribution in [0.1, 0.15) is 31.0 Å². The van der Waals surface area contributed by atoms with Crippen molar-refractivity contribution in [1.29, 1.82) is 0 Å². The molecular weight excluding hydrogens is 564 g/mol. The Bertz CT molecular complexity index is 1750. The largest absolute Gasteiger partial charge is 0.497 e. The Morgan fingerprint density at radius 3 is 2.62 bits per heavy atom. The summed E-state index contributed by atoms with van der Waals surface area (Å²) in [5.74, 6) is 0.355. The Kier molecular flexibility index (Phi) is 8.41. The lowest BCUT2D eigenvalue weighted by Crippen LogP contribution is -2.40. The van der Waals surface area contributed by atoms with Crippen LogP contribution in [-0.2, 0) is 14.3 Å². The van der Waals surface area contributed by atoms with Crippen LogP contribution in [0.15, 0.2) is 57.5 Å². The maximum Gasteiger partial charge on any atom is 0.338 e. The Hall–Kier alpha value is -4.49. The summed E-state index contributed by atoms with van der Waals surface area (Å²) in [6, 6.07) is 8.84. The lowest BCUT2D eigenvalue weighted by molar-refractivity contribution is -0.384. The number of nitrogens with zero attached hydrogens (tertiary/aromatic N) is 4. The fourth-order valence-electron chi connectivity index (χ4n) is 5.14. The van der Waals surface area contributed by atoms with E-state index < -0.39 is 22.5 Å². The number of morpholine rings is 1. The highest BCUT2D eigenvalue weighted by Crippen LogP contribution is 2.38. The van der Waals surface area contributed by atoms with Gasteiger partial charge in [0.2, 0.25) is 0 Å². The van der Waals surface area contributed by atoms with Gasteiger partial charge >= 0.3 is 5.97 Å². The van der Waals surface area contributed by atoms with Gasteiger partial charge in [0, 0.05) is 42.0 Å². The summed E-state index contributed by atoms with van der Waals surface area (Å²) in [6.07, 6.45) is 1.64. The Morgan fingerprint density at radius 2 is 1.95 bits per heavy atom.